The highest BCUT2D eigenvalue weighted by atomic mass is 16.7. The van der Waals surface area contributed by atoms with Gasteiger partial charge in [0.1, 0.15) is 22.6 Å². The average Bonchev–Trinajstić information content (AvgIpc) is 2.82. The number of phenols is 2. The average molecular weight is 452 g/mol. The summed E-state index contributed by atoms with van der Waals surface area (Å²) in [6, 6.07) is 7.83. The Hall–Kier alpha value is -4.74. The molecule has 168 valence electrons. The summed E-state index contributed by atoms with van der Waals surface area (Å²) in [5, 5.41) is 20.0. The van der Waals surface area contributed by atoms with E-state index < -0.39 is 29.2 Å². The van der Waals surface area contributed by atoms with Crippen molar-refractivity contribution < 1.29 is 43.8 Å². The van der Waals surface area contributed by atoms with Crippen molar-refractivity contribution in [1.82, 2.24) is 0 Å². The van der Waals surface area contributed by atoms with Crippen LogP contribution in [-0.4, -0.2) is 34.4 Å². The first-order valence-corrected chi connectivity index (χ1v) is 9.08. The number of nitrogens with two attached hydrogens (primary N) is 2. The molecular formula is C22H16N2O9. The van der Waals surface area contributed by atoms with Crippen molar-refractivity contribution in [2.24, 2.45) is 11.8 Å². The molecule has 0 heterocycles. The second-order valence-corrected chi connectivity index (χ2v) is 6.53. The van der Waals surface area contributed by atoms with Gasteiger partial charge in [-0.2, -0.15) is 11.8 Å². The zero-order chi connectivity index (χ0) is 24.1. The number of carbonyl (C=O) groups is 4. The number of phenolic OH excluding ortho intramolecular Hbond substituents is 2. The minimum absolute atomic E-state index is 0.0893. The maximum absolute atomic E-state index is 12.0. The Kier molecular flexibility index (Phi) is 6.67. The molecule has 2 aromatic rings. The number of hydrogen-bond acceptors (Lipinski definition) is 11. The van der Waals surface area contributed by atoms with Crippen LogP contribution in [0.15, 0.2) is 66.0 Å². The van der Waals surface area contributed by atoms with E-state index in [4.69, 9.17) is 16.5 Å². The Morgan fingerprint density at radius 1 is 0.848 bits per heavy atom. The van der Waals surface area contributed by atoms with Crippen molar-refractivity contribution in [2.45, 2.75) is 0 Å². The Morgan fingerprint density at radius 3 is 1.82 bits per heavy atom. The van der Waals surface area contributed by atoms with Crippen LogP contribution in [0.1, 0.15) is 31.8 Å². The van der Waals surface area contributed by atoms with Crippen LogP contribution in [0.2, 0.25) is 0 Å². The Labute approximate surface area is 185 Å². The molecule has 0 unspecified atom stereocenters. The van der Waals surface area contributed by atoms with E-state index in [1.54, 1.807) is 0 Å². The van der Waals surface area contributed by atoms with Gasteiger partial charge in [-0.25, -0.2) is 9.59 Å². The maximum Gasteiger partial charge on any atom is 0.360 e. The summed E-state index contributed by atoms with van der Waals surface area (Å²) in [5.41, 5.74) is 0.712. The van der Waals surface area contributed by atoms with Crippen molar-refractivity contribution >= 4 is 29.8 Å². The maximum atomic E-state index is 12.0. The second-order valence-electron chi connectivity index (χ2n) is 6.53. The Bertz CT molecular complexity index is 1190. The van der Waals surface area contributed by atoms with Crippen LogP contribution in [0.25, 0.3) is 5.57 Å². The standard InChI is InChI=1S/C22H16N2O9/c23-32-21(29)14-7-11(1-4-16(14)26)20(13-3-6-18(28)19(9-13)31-10-25)12-2-5-17(27)15(8-12)22(30)33-24/h1-10,26-27H,23-24H2. The number of ketones is 1. The quantitative estimate of drug-likeness (QED) is 0.363. The van der Waals surface area contributed by atoms with Gasteiger partial charge in [0.05, 0.1) is 0 Å². The molecule has 11 nitrogen and oxygen atoms in total. The minimum Gasteiger partial charge on any atom is -0.507 e. The predicted octanol–water partition coefficient (Wildman–Crippen LogP) is 1.16. The van der Waals surface area contributed by atoms with Gasteiger partial charge in [0.25, 0.3) is 6.47 Å². The van der Waals surface area contributed by atoms with Gasteiger partial charge in [-0.1, -0.05) is 18.2 Å². The van der Waals surface area contributed by atoms with E-state index in [9.17, 15) is 29.4 Å². The molecule has 0 atom stereocenters. The third-order valence-corrected chi connectivity index (χ3v) is 4.63. The van der Waals surface area contributed by atoms with Gasteiger partial charge in [-0.05, 0) is 58.7 Å². The lowest BCUT2D eigenvalue weighted by atomic mass is 9.88. The van der Waals surface area contributed by atoms with Gasteiger partial charge in [-0.15, -0.1) is 0 Å². The highest BCUT2D eigenvalue weighted by Gasteiger charge is 2.22. The summed E-state index contributed by atoms with van der Waals surface area (Å²) in [7, 11) is 0. The number of carbonyl (C=O) groups excluding carboxylic acids is 4. The number of aromatic hydroxyl groups is 2. The Morgan fingerprint density at radius 2 is 1.36 bits per heavy atom. The summed E-state index contributed by atoms with van der Waals surface area (Å²) >= 11 is 0. The van der Waals surface area contributed by atoms with E-state index in [-0.39, 0.29) is 23.4 Å². The molecule has 0 spiro atoms. The first kappa shape index (κ1) is 22.9. The van der Waals surface area contributed by atoms with Gasteiger partial charge < -0.3 is 24.6 Å². The summed E-state index contributed by atoms with van der Waals surface area (Å²) < 4.78 is 4.73. The van der Waals surface area contributed by atoms with E-state index in [0.29, 0.717) is 22.3 Å². The number of hydrogen-bond donors (Lipinski definition) is 4. The number of ether oxygens (including phenoxy) is 1. The van der Waals surface area contributed by atoms with E-state index in [1.807, 2.05) is 0 Å². The predicted molar refractivity (Wildman–Crippen MR) is 111 cm³/mol. The van der Waals surface area contributed by atoms with Crippen molar-refractivity contribution in [2.75, 3.05) is 0 Å². The van der Waals surface area contributed by atoms with E-state index in [1.165, 1.54) is 48.6 Å². The normalized spacial score (nSPS) is 12.6. The fraction of sp³-hybridized carbons (Fsp3) is 0. The minimum atomic E-state index is -1.02. The molecule has 6 N–H and O–H groups in total. The molecule has 33 heavy (non-hydrogen) atoms. The molecule has 0 saturated carbocycles. The molecule has 0 bridgehead atoms. The first-order valence-electron chi connectivity index (χ1n) is 9.08. The lowest BCUT2D eigenvalue weighted by Gasteiger charge is -2.17. The van der Waals surface area contributed by atoms with Gasteiger partial charge in [0.2, 0.25) is 5.78 Å². The van der Waals surface area contributed by atoms with E-state index in [2.05, 4.69) is 9.68 Å². The van der Waals surface area contributed by atoms with Crippen LogP contribution in [0.3, 0.4) is 0 Å². The first-order chi connectivity index (χ1) is 15.8. The van der Waals surface area contributed by atoms with Crippen LogP contribution in [-0.2, 0) is 24.0 Å². The summed E-state index contributed by atoms with van der Waals surface area (Å²) in [4.78, 5) is 55.1. The van der Waals surface area contributed by atoms with Crippen molar-refractivity contribution in [3.05, 3.63) is 88.2 Å². The topological polar surface area (TPSA) is 188 Å². The summed E-state index contributed by atoms with van der Waals surface area (Å²) in [6.45, 7) is 0.0893. The molecule has 0 aliphatic heterocycles. The van der Waals surface area contributed by atoms with Crippen LogP contribution in [0.4, 0.5) is 0 Å². The second kappa shape index (κ2) is 9.60. The summed E-state index contributed by atoms with van der Waals surface area (Å²) in [5.74, 6) is 6.16. The largest absolute Gasteiger partial charge is 0.507 e. The highest BCUT2D eigenvalue weighted by molar-refractivity contribution is 6.07. The SMILES string of the molecule is NOC(=O)c1cc(C(=C2C=CC(=O)C(OC=O)=C2)c2ccc(O)c(C(=O)ON)c2)ccc1O. The zero-order valence-corrected chi connectivity index (χ0v) is 16.7. The lowest BCUT2D eigenvalue weighted by Crippen LogP contribution is -2.12. The molecule has 11 heteroatoms. The van der Waals surface area contributed by atoms with E-state index in [0.717, 1.165) is 6.08 Å². The van der Waals surface area contributed by atoms with Crippen molar-refractivity contribution in [1.29, 1.82) is 0 Å². The molecule has 3 rings (SSSR count). The zero-order valence-electron chi connectivity index (χ0n) is 16.7. The van der Waals surface area contributed by atoms with Crippen LogP contribution >= 0.6 is 0 Å². The third-order valence-electron chi connectivity index (χ3n) is 4.63. The highest BCUT2D eigenvalue weighted by Crippen LogP contribution is 2.35. The van der Waals surface area contributed by atoms with Gasteiger partial charge in [-0.3, -0.25) is 9.59 Å². The lowest BCUT2D eigenvalue weighted by molar-refractivity contribution is -0.129. The molecular weight excluding hydrogens is 436 g/mol. The van der Waals surface area contributed by atoms with E-state index >= 15 is 0 Å². The molecule has 0 radical (unpaired) electrons. The molecule has 1 aliphatic carbocycles. The number of rotatable bonds is 6. The van der Waals surface area contributed by atoms with Gasteiger partial charge >= 0.3 is 11.9 Å². The van der Waals surface area contributed by atoms with Crippen LogP contribution in [0.5, 0.6) is 11.5 Å². The summed E-state index contributed by atoms with van der Waals surface area (Å²) in [6.07, 6.45) is 3.84. The molecule has 2 aromatic carbocycles. The van der Waals surface area contributed by atoms with Crippen LogP contribution in [0, 0.1) is 0 Å². The van der Waals surface area contributed by atoms with Gasteiger partial charge in [0.15, 0.2) is 5.76 Å². The number of allylic oxidation sites excluding steroid dienone is 4. The molecule has 1 aliphatic rings. The molecule has 0 aromatic heterocycles. The smallest absolute Gasteiger partial charge is 0.360 e. The molecule has 0 saturated heterocycles. The molecule has 0 fully saturated rings. The molecule has 0 amide bonds. The fourth-order valence-electron chi connectivity index (χ4n) is 3.14. The monoisotopic (exact) mass is 452 g/mol. The van der Waals surface area contributed by atoms with Gasteiger partial charge in [0, 0.05) is 0 Å². The van der Waals surface area contributed by atoms with Crippen molar-refractivity contribution in [3.8, 4) is 11.5 Å². The van der Waals surface area contributed by atoms with Crippen molar-refractivity contribution in [3.63, 3.8) is 0 Å². The fourth-order valence-corrected chi connectivity index (χ4v) is 3.14. The van der Waals surface area contributed by atoms with Crippen LogP contribution < -0.4 is 11.8 Å². The number of benzene rings is 2. The Balaban J connectivity index is 2.34. The third kappa shape index (κ3) is 4.63.